The van der Waals surface area contributed by atoms with Crippen LogP contribution in [0.15, 0.2) is 48.5 Å². The number of urea groups is 1. The molecule has 2 aromatic rings. The molecule has 4 nitrogen and oxygen atoms in total. The minimum atomic E-state index is -0.245. The van der Waals surface area contributed by atoms with Gasteiger partial charge in [0, 0.05) is 10.7 Å². The Morgan fingerprint density at radius 1 is 1.14 bits per heavy atom. The van der Waals surface area contributed by atoms with Gasteiger partial charge in [0.2, 0.25) is 0 Å². The Hall–Kier alpha value is -2.20. The van der Waals surface area contributed by atoms with E-state index in [-0.39, 0.29) is 12.1 Å². The molecule has 21 heavy (non-hydrogen) atoms. The number of nitrogens with one attached hydrogen (secondary N) is 2. The van der Waals surface area contributed by atoms with Crippen LogP contribution < -0.4 is 15.4 Å². The predicted molar refractivity (Wildman–Crippen MR) is 83.0 cm³/mol. The summed E-state index contributed by atoms with van der Waals surface area (Å²) in [5.41, 5.74) is 1.81. The molecular weight excluding hydrogens is 288 g/mol. The number of anilines is 1. The van der Waals surface area contributed by atoms with Gasteiger partial charge in [-0.2, -0.15) is 0 Å². The summed E-state index contributed by atoms with van der Waals surface area (Å²) in [4.78, 5) is 12.0. The van der Waals surface area contributed by atoms with Crippen LogP contribution in [0.4, 0.5) is 10.5 Å². The Balaban J connectivity index is 1.57. The number of ether oxygens (including phenoxy) is 1. The second-order valence-electron chi connectivity index (χ2n) is 4.93. The highest BCUT2D eigenvalue weighted by Gasteiger charge is 2.20. The molecule has 0 bridgehead atoms. The van der Waals surface area contributed by atoms with Crippen molar-refractivity contribution in [1.82, 2.24) is 5.32 Å². The number of para-hydroxylation sites is 1. The van der Waals surface area contributed by atoms with Gasteiger partial charge in [0.1, 0.15) is 12.4 Å². The van der Waals surface area contributed by atoms with Crippen LogP contribution in [0.3, 0.4) is 0 Å². The number of hydrogen-bond acceptors (Lipinski definition) is 2. The third kappa shape index (κ3) is 3.47. The molecule has 0 spiro atoms. The first-order valence-electron chi connectivity index (χ1n) is 6.74. The molecule has 3 rings (SSSR count). The maximum atomic E-state index is 12.0. The summed E-state index contributed by atoms with van der Waals surface area (Å²) in [6.07, 6.45) is 0.768. The van der Waals surface area contributed by atoms with E-state index in [4.69, 9.17) is 16.3 Å². The highest BCUT2D eigenvalue weighted by atomic mass is 35.5. The number of rotatable bonds is 2. The van der Waals surface area contributed by atoms with Crippen molar-refractivity contribution in [2.24, 2.45) is 0 Å². The average molecular weight is 303 g/mol. The lowest BCUT2D eigenvalue weighted by atomic mass is 10.0. The third-order valence-corrected chi connectivity index (χ3v) is 3.57. The third-order valence-electron chi connectivity index (χ3n) is 3.32. The number of carbonyl (C=O) groups excluding carboxylic acids is 1. The van der Waals surface area contributed by atoms with Crippen LogP contribution in [0, 0.1) is 0 Å². The van der Waals surface area contributed by atoms with Crippen molar-refractivity contribution in [2.75, 3.05) is 11.9 Å². The van der Waals surface area contributed by atoms with Crippen LogP contribution in [0.25, 0.3) is 0 Å². The standard InChI is InChI=1S/C16H15ClN2O2/c17-12-5-7-13(8-6-12)18-16(20)19-14-9-11-3-1-2-4-15(11)21-10-14/h1-8,14H,9-10H2,(H2,18,19,20)/t14-/m0/s1. The molecule has 0 saturated heterocycles. The van der Waals surface area contributed by atoms with Gasteiger partial charge >= 0.3 is 6.03 Å². The van der Waals surface area contributed by atoms with Crippen molar-refractivity contribution in [3.8, 4) is 5.75 Å². The molecule has 0 aromatic heterocycles. The molecular formula is C16H15ClN2O2. The van der Waals surface area contributed by atoms with Gasteiger partial charge in [-0.25, -0.2) is 4.79 Å². The van der Waals surface area contributed by atoms with E-state index < -0.39 is 0 Å². The SMILES string of the molecule is O=C(Nc1ccc(Cl)cc1)N[C@@H]1COc2ccccc2C1. The van der Waals surface area contributed by atoms with E-state index in [1.807, 2.05) is 24.3 Å². The van der Waals surface area contributed by atoms with E-state index in [2.05, 4.69) is 10.6 Å². The highest BCUT2D eigenvalue weighted by Crippen LogP contribution is 2.23. The summed E-state index contributed by atoms with van der Waals surface area (Å²) < 4.78 is 5.64. The lowest BCUT2D eigenvalue weighted by Crippen LogP contribution is -2.44. The van der Waals surface area contributed by atoms with E-state index in [0.717, 1.165) is 17.7 Å². The summed E-state index contributed by atoms with van der Waals surface area (Å²) in [6, 6.07) is 14.6. The van der Waals surface area contributed by atoms with Gasteiger partial charge < -0.3 is 15.4 Å². The number of amides is 2. The number of halogens is 1. The molecule has 1 aliphatic rings. The van der Waals surface area contributed by atoms with Gasteiger partial charge in [0.05, 0.1) is 6.04 Å². The molecule has 2 aromatic carbocycles. The van der Waals surface area contributed by atoms with E-state index in [0.29, 0.717) is 17.3 Å². The summed E-state index contributed by atoms with van der Waals surface area (Å²) in [6.45, 7) is 0.477. The minimum Gasteiger partial charge on any atom is -0.491 e. The molecule has 0 fully saturated rings. The molecule has 0 aliphatic carbocycles. The van der Waals surface area contributed by atoms with Gasteiger partial charge in [-0.3, -0.25) is 0 Å². The van der Waals surface area contributed by atoms with E-state index in [1.165, 1.54) is 0 Å². The monoisotopic (exact) mass is 302 g/mol. The number of hydrogen-bond donors (Lipinski definition) is 2. The van der Waals surface area contributed by atoms with Crippen LogP contribution >= 0.6 is 11.6 Å². The summed E-state index contributed by atoms with van der Waals surface area (Å²) in [5, 5.41) is 6.33. The van der Waals surface area contributed by atoms with Crippen molar-refractivity contribution < 1.29 is 9.53 Å². The molecule has 0 saturated carbocycles. The second-order valence-corrected chi connectivity index (χ2v) is 5.36. The number of benzene rings is 2. The Morgan fingerprint density at radius 3 is 2.71 bits per heavy atom. The lowest BCUT2D eigenvalue weighted by Gasteiger charge is -2.26. The van der Waals surface area contributed by atoms with E-state index >= 15 is 0 Å². The van der Waals surface area contributed by atoms with Crippen molar-refractivity contribution in [3.05, 3.63) is 59.1 Å². The Bertz CT molecular complexity index is 643. The zero-order valence-electron chi connectivity index (χ0n) is 11.3. The van der Waals surface area contributed by atoms with Crippen molar-refractivity contribution in [1.29, 1.82) is 0 Å². The first kappa shape index (κ1) is 13.8. The molecule has 2 amide bonds. The molecule has 1 aliphatic heterocycles. The largest absolute Gasteiger partial charge is 0.491 e. The average Bonchev–Trinajstić information content (AvgIpc) is 2.49. The van der Waals surface area contributed by atoms with E-state index in [9.17, 15) is 4.79 Å². The minimum absolute atomic E-state index is 0.0350. The number of fused-ring (bicyclic) bond motifs is 1. The molecule has 108 valence electrons. The Morgan fingerprint density at radius 2 is 1.90 bits per heavy atom. The molecule has 0 unspecified atom stereocenters. The van der Waals surface area contributed by atoms with Gasteiger partial charge in [0.15, 0.2) is 0 Å². The van der Waals surface area contributed by atoms with Crippen molar-refractivity contribution >= 4 is 23.3 Å². The van der Waals surface area contributed by atoms with Crippen LogP contribution in [-0.4, -0.2) is 18.7 Å². The fourth-order valence-corrected chi connectivity index (χ4v) is 2.43. The maximum absolute atomic E-state index is 12.0. The highest BCUT2D eigenvalue weighted by molar-refractivity contribution is 6.30. The zero-order valence-corrected chi connectivity index (χ0v) is 12.1. The predicted octanol–water partition coefficient (Wildman–Crippen LogP) is 3.47. The molecule has 0 radical (unpaired) electrons. The van der Waals surface area contributed by atoms with Crippen molar-refractivity contribution in [2.45, 2.75) is 12.5 Å². The number of carbonyl (C=O) groups is 1. The van der Waals surface area contributed by atoms with E-state index in [1.54, 1.807) is 24.3 Å². The van der Waals surface area contributed by atoms with Crippen LogP contribution in [0.5, 0.6) is 5.75 Å². The maximum Gasteiger partial charge on any atom is 0.319 e. The van der Waals surface area contributed by atoms with Crippen LogP contribution in [-0.2, 0) is 6.42 Å². The second kappa shape index (κ2) is 6.06. The Labute approximate surface area is 128 Å². The fourth-order valence-electron chi connectivity index (χ4n) is 2.31. The van der Waals surface area contributed by atoms with Gasteiger partial charge in [0.25, 0.3) is 0 Å². The first-order chi connectivity index (χ1) is 10.2. The quantitative estimate of drug-likeness (QED) is 0.892. The van der Waals surface area contributed by atoms with Gasteiger partial charge in [-0.15, -0.1) is 0 Å². The van der Waals surface area contributed by atoms with Crippen LogP contribution in [0.2, 0.25) is 5.02 Å². The van der Waals surface area contributed by atoms with Gasteiger partial charge in [-0.05, 0) is 42.3 Å². The fraction of sp³-hybridized carbons (Fsp3) is 0.188. The molecule has 1 heterocycles. The normalized spacial score (nSPS) is 16.5. The lowest BCUT2D eigenvalue weighted by molar-refractivity contribution is 0.222. The first-order valence-corrected chi connectivity index (χ1v) is 7.12. The van der Waals surface area contributed by atoms with Gasteiger partial charge in [-0.1, -0.05) is 29.8 Å². The zero-order chi connectivity index (χ0) is 14.7. The Kier molecular flexibility index (Phi) is 3.97. The summed E-state index contributed by atoms with van der Waals surface area (Å²) in [7, 11) is 0. The summed E-state index contributed by atoms with van der Waals surface area (Å²) in [5.74, 6) is 0.897. The summed E-state index contributed by atoms with van der Waals surface area (Å²) >= 11 is 5.81. The molecule has 5 heteroatoms. The van der Waals surface area contributed by atoms with Crippen LogP contribution in [0.1, 0.15) is 5.56 Å². The molecule has 2 N–H and O–H groups in total. The van der Waals surface area contributed by atoms with Crippen molar-refractivity contribution in [3.63, 3.8) is 0 Å². The topological polar surface area (TPSA) is 50.4 Å². The molecule has 1 atom stereocenters. The smallest absolute Gasteiger partial charge is 0.319 e.